The quantitative estimate of drug-likeness (QED) is 0.542. The molecule has 17 heavy (non-hydrogen) atoms. The van der Waals surface area contributed by atoms with Crippen LogP contribution in [0.5, 0.6) is 0 Å². The molecule has 5 nitrogen and oxygen atoms in total. The van der Waals surface area contributed by atoms with Crippen molar-refractivity contribution in [2.24, 2.45) is 0 Å². The molecule has 0 radical (unpaired) electrons. The summed E-state index contributed by atoms with van der Waals surface area (Å²) < 4.78 is 0. The standard InChI is InChI=1S/C12H18N2O3/c1-4-6-10(5-2)7-13-12(17)11(8-15)14-9(3)16/h4-6,11,15H,1-2,7-8H2,3H3,(H,13,17)(H,14,16)/b10-6+. The number of hydrogen-bond acceptors (Lipinski definition) is 3. The van der Waals surface area contributed by atoms with Gasteiger partial charge >= 0.3 is 0 Å². The summed E-state index contributed by atoms with van der Waals surface area (Å²) >= 11 is 0. The Labute approximate surface area is 101 Å². The lowest BCUT2D eigenvalue weighted by Gasteiger charge is -2.15. The fraction of sp³-hybridized carbons (Fsp3) is 0.333. The molecule has 0 aromatic carbocycles. The van der Waals surface area contributed by atoms with E-state index >= 15 is 0 Å². The van der Waals surface area contributed by atoms with Gasteiger partial charge in [-0.05, 0) is 5.57 Å². The highest BCUT2D eigenvalue weighted by Crippen LogP contribution is 1.94. The molecular weight excluding hydrogens is 220 g/mol. The zero-order valence-electron chi connectivity index (χ0n) is 9.90. The molecule has 2 amide bonds. The minimum Gasteiger partial charge on any atom is -0.394 e. The van der Waals surface area contributed by atoms with Gasteiger partial charge in [-0.15, -0.1) is 0 Å². The molecule has 0 bridgehead atoms. The summed E-state index contributed by atoms with van der Waals surface area (Å²) in [4.78, 5) is 22.3. The molecule has 0 aliphatic rings. The summed E-state index contributed by atoms with van der Waals surface area (Å²) in [6.07, 6.45) is 4.88. The highest BCUT2D eigenvalue weighted by Gasteiger charge is 2.17. The van der Waals surface area contributed by atoms with Crippen molar-refractivity contribution >= 4 is 11.8 Å². The Balaban J connectivity index is 4.32. The zero-order valence-corrected chi connectivity index (χ0v) is 9.90. The van der Waals surface area contributed by atoms with E-state index in [4.69, 9.17) is 5.11 Å². The largest absolute Gasteiger partial charge is 0.394 e. The highest BCUT2D eigenvalue weighted by atomic mass is 16.3. The molecule has 3 N–H and O–H groups in total. The van der Waals surface area contributed by atoms with Crippen molar-refractivity contribution in [1.82, 2.24) is 10.6 Å². The summed E-state index contributed by atoms with van der Waals surface area (Å²) in [5, 5.41) is 13.9. The molecule has 0 spiro atoms. The molecule has 0 saturated carbocycles. The van der Waals surface area contributed by atoms with Gasteiger partial charge in [0, 0.05) is 13.5 Å². The summed E-state index contributed by atoms with van der Waals surface area (Å²) in [5.41, 5.74) is 0.785. The number of rotatable bonds is 7. The molecule has 0 heterocycles. The molecule has 0 fully saturated rings. The van der Waals surface area contributed by atoms with Crippen LogP contribution in [0.15, 0.2) is 37.0 Å². The average Bonchev–Trinajstić information content (AvgIpc) is 2.30. The zero-order chi connectivity index (χ0) is 13.3. The van der Waals surface area contributed by atoms with E-state index in [1.165, 1.54) is 6.92 Å². The number of carbonyl (C=O) groups is 2. The monoisotopic (exact) mass is 238 g/mol. The molecule has 0 aliphatic carbocycles. The van der Waals surface area contributed by atoms with E-state index in [0.29, 0.717) is 0 Å². The van der Waals surface area contributed by atoms with Crippen LogP contribution in [-0.4, -0.2) is 36.1 Å². The summed E-state index contributed by atoms with van der Waals surface area (Å²) in [6.45, 7) is 8.22. The maximum Gasteiger partial charge on any atom is 0.245 e. The lowest BCUT2D eigenvalue weighted by molar-refractivity contribution is -0.128. The number of amides is 2. The third kappa shape index (κ3) is 6.32. The molecule has 0 saturated heterocycles. The average molecular weight is 238 g/mol. The number of aliphatic hydroxyl groups is 1. The van der Waals surface area contributed by atoms with Gasteiger partial charge in [0.2, 0.25) is 11.8 Å². The number of aliphatic hydroxyl groups excluding tert-OH is 1. The molecule has 0 aliphatic heterocycles. The van der Waals surface area contributed by atoms with E-state index in [1.807, 2.05) is 0 Å². The van der Waals surface area contributed by atoms with Crippen LogP contribution in [-0.2, 0) is 9.59 Å². The number of hydrogen-bond donors (Lipinski definition) is 3. The first-order valence-electron chi connectivity index (χ1n) is 5.14. The van der Waals surface area contributed by atoms with Crippen LogP contribution in [0.2, 0.25) is 0 Å². The van der Waals surface area contributed by atoms with Crippen molar-refractivity contribution in [3.8, 4) is 0 Å². The first-order chi connectivity index (χ1) is 8.04. The molecule has 0 aromatic heterocycles. The number of carbonyl (C=O) groups excluding carboxylic acids is 2. The Kier molecular flexibility index (Phi) is 7.38. The van der Waals surface area contributed by atoms with Crippen LogP contribution in [0.25, 0.3) is 0 Å². The SMILES string of the molecule is C=C/C=C(\C=C)CNC(=O)C(CO)NC(C)=O. The fourth-order valence-corrected chi connectivity index (χ4v) is 1.10. The van der Waals surface area contributed by atoms with Gasteiger partial charge in [-0.25, -0.2) is 0 Å². The smallest absolute Gasteiger partial charge is 0.245 e. The van der Waals surface area contributed by atoms with Gasteiger partial charge in [0.1, 0.15) is 6.04 Å². The molecule has 1 unspecified atom stereocenters. The Hall–Kier alpha value is -1.88. The Bertz CT molecular complexity index is 335. The van der Waals surface area contributed by atoms with Crippen LogP contribution < -0.4 is 10.6 Å². The molecule has 94 valence electrons. The van der Waals surface area contributed by atoms with Crippen molar-refractivity contribution in [1.29, 1.82) is 0 Å². The second-order valence-corrected chi connectivity index (χ2v) is 3.33. The first kappa shape index (κ1) is 15.1. The molecule has 1 atom stereocenters. The van der Waals surface area contributed by atoms with Gasteiger partial charge in [-0.2, -0.15) is 0 Å². The second-order valence-electron chi connectivity index (χ2n) is 3.33. The number of nitrogens with one attached hydrogen (secondary N) is 2. The van der Waals surface area contributed by atoms with Crippen LogP contribution in [0, 0.1) is 0 Å². The topological polar surface area (TPSA) is 78.4 Å². The van der Waals surface area contributed by atoms with Gasteiger partial charge in [0.25, 0.3) is 0 Å². The maximum atomic E-state index is 11.6. The number of allylic oxidation sites excluding steroid dienone is 2. The highest BCUT2D eigenvalue weighted by molar-refractivity contribution is 5.87. The van der Waals surface area contributed by atoms with E-state index < -0.39 is 18.6 Å². The summed E-state index contributed by atoms with van der Waals surface area (Å²) in [5.74, 6) is -0.815. The van der Waals surface area contributed by atoms with Crippen LogP contribution in [0.4, 0.5) is 0 Å². The third-order valence-corrected chi connectivity index (χ3v) is 1.94. The van der Waals surface area contributed by atoms with Crippen LogP contribution in [0.3, 0.4) is 0 Å². The Morgan fingerprint density at radius 1 is 1.41 bits per heavy atom. The van der Waals surface area contributed by atoms with Crippen molar-refractivity contribution < 1.29 is 14.7 Å². The van der Waals surface area contributed by atoms with E-state index in [2.05, 4.69) is 23.8 Å². The normalized spacial score (nSPS) is 12.5. The van der Waals surface area contributed by atoms with Crippen molar-refractivity contribution in [3.05, 3.63) is 37.0 Å². The van der Waals surface area contributed by atoms with Crippen molar-refractivity contribution in [3.63, 3.8) is 0 Å². The summed E-state index contributed by atoms with van der Waals surface area (Å²) in [7, 11) is 0. The lowest BCUT2D eigenvalue weighted by atomic mass is 10.2. The van der Waals surface area contributed by atoms with E-state index in [1.54, 1.807) is 18.2 Å². The minimum atomic E-state index is -0.928. The third-order valence-electron chi connectivity index (χ3n) is 1.94. The predicted molar refractivity (Wildman–Crippen MR) is 66.2 cm³/mol. The molecular formula is C12H18N2O3. The van der Waals surface area contributed by atoms with Gasteiger partial charge in [-0.3, -0.25) is 9.59 Å². The van der Waals surface area contributed by atoms with Gasteiger partial charge < -0.3 is 15.7 Å². The van der Waals surface area contributed by atoms with Crippen molar-refractivity contribution in [2.45, 2.75) is 13.0 Å². The fourth-order valence-electron chi connectivity index (χ4n) is 1.10. The summed E-state index contributed by atoms with van der Waals surface area (Å²) in [6, 6.07) is -0.928. The Morgan fingerprint density at radius 3 is 2.47 bits per heavy atom. The van der Waals surface area contributed by atoms with E-state index in [-0.39, 0.29) is 12.5 Å². The molecule has 0 rings (SSSR count). The minimum absolute atomic E-state index is 0.268. The van der Waals surface area contributed by atoms with E-state index in [0.717, 1.165) is 5.57 Å². The van der Waals surface area contributed by atoms with Gasteiger partial charge in [-0.1, -0.05) is 31.4 Å². The van der Waals surface area contributed by atoms with Crippen LogP contribution in [0.1, 0.15) is 6.92 Å². The second kappa shape index (κ2) is 8.29. The van der Waals surface area contributed by atoms with Gasteiger partial charge in [0.15, 0.2) is 0 Å². The van der Waals surface area contributed by atoms with Gasteiger partial charge in [0.05, 0.1) is 6.61 Å². The van der Waals surface area contributed by atoms with E-state index in [9.17, 15) is 9.59 Å². The molecule has 0 aromatic rings. The lowest BCUT2D eigenvalue weighted by Crippen LogP contribution is -2.48. The molecule has 5 heteroatoms. The van der Waals surface area contributed by atoms with Crippen molar-refractivity contribution in [2.75, 3.05) is 13.2 Å². The Morgan fingerprint density at radius 2 is 2.06 bits per heavy atom. The van der Waals surface area contributed by atoms with Crippen LogP contribution >= 0.6 is 0 Å². The maximum absolute atomic E-state index is 11.6. The first-order valence-corrected chi connectivity index (χ1v) is 5.14. The predicted octanol–water partition coefficient (Wildman–Crippen LogP) is -0.102.